The smallest absolute Gasteiger partial charge is 0.140 e. The van der Waals surface area contributed by atoms with E-state index in [1.165, 1.54) is 0 Å². The average Bonchev–Trinajstić information content (AvgIpc) is 2.07. The van der Waals surface area contributed by atoms with E-state index in [0.29, 0.717) is 10.6 Å². The molecular weight excluding hydrogens is 188 g/mol. The lowest BCUT2D eigenvalue weighted by Crippen LogP contribution is -1.95. The Labute approximate surface area is 82.8 Å². The van der Waals surface area contributed by atoms with E-state index in [9.17, 15) is 10.2 Å². The summed E-state index contributed by atoms with van der Waals surface area (Å²) >= 11 is 5.87. The lowest BCUT2D eigenvalue weighted by molar-refractivity contribution is 0.195. The van der Waals surface area contributed by atoms with Gasteiger partial charge in [-0.25, -0.2) is 0 Å². The van der Waals surface area contributed by atoms with Crippen LogP contribution < -0.4 is 0 Å². The number of aliphatic hydroxyl groups excluding tert-OH is 1. The van der Waals surface area contributed by atoms with Gasteiger partial charge in [0.05, 0.1) is 11.1 Å². The Balaban J connectivity index is 3.41. The van der Waals surface area contributed by atoms with E-state index in [1.807, 2.05) is 13.8 Å². The molecule has 13 heavy (non-hydrogen) atoms. The Morgan fingerprint density at radius 1 is 1.38 bits per heavy atom. The molecule has 0 bridgehead atoms. The molecule has 2 N–H and O–H groups in total. The number of aromatic hydroxyl groups is 1. The van der Waals surface area contributed by atoms with Gasteiger partial charge in [-0.3, -0.25) is 0 Å². The number of hydrogen-bond donors (Lipinski definition) is 2. The monoisotopic (exact) mass is 200 g/mol. The first kappa shape index (κ1) is 10.4. The molecule has 0 amide bonds. The van der Waals surface area contributed by atoms with Crippen LogP contribution in [-0.4, -0.2) is 10.2 Å². The fourth-order valence-electron chi connectivity index (χ4n) is 1.21. The van der Waals surface area contributed by atoms with Crippen molar-refractivity contribution in [2.75, 3.05) is 0 Å². The van der Waals surface area contributed by atoms with Gasteiger partial charge >= 0.3 is 0 Å². The summed E-state index contributed by atoms with van der Waals surface area (Å²) in [6.45, 7) is 5.33. The molecule has 1 aromatic carbocycles. The molecule has 1 unspecified atom stereocenters. The molecule has 72 valence electrons. The third-order valence-corrected chi connectivity index (χ3v) is 2.69. The Morgan fingerprint density at radius 2 is 1.92 bits per heavy atom. The van der Waals surface area contributed by atoms with Crippen molar-refractivity contribution in [2.45, 2.75) is 26.9 Å². The molecule has 0 aliphatic heterocycles. The summed E-state index contributed by atoms with van der Waals surface area (Å²) in [4.78, 5) is 0. The van der Waals surface area contributed by atoms with Crippen LogP contribution in [0.4, 0.5) is 0 Å². The number of aryl methyl sites for hydroxylation is 1. The van der Waals surface area contributed by atoms with Crippen LogP contribution in [0, 0.1) is 13.8 Å². The van der Waals surface area contributed by atoms with Crippen LogP contribution in [0.3, 0.4) is 0 Å². The van der Waals surface area contributed by atoms with Crippen LogP contribution in [0.1, 0.15) is 29.7 Å². The molecule has 0 aliphatic rings. The number of benzene rings is 1. The molecule has 1 atom stereocenters. The first-order valence-electron chi connectivity index (χ1n) is 4.11. The van der Waals surface area contributed by atoms with E-state index in [2.05, 4.69) is 0 Å². The van der Waals surface area contributed by atoms with Crippen molar-refractivity contribution >= 4 is 11.6 Å². The highest BCUT2D eigenvalue weighted by Gasteiger charge is 2.14. The largest absolute Gasteiger partial charge is 0.506 e. The summed E-state index contributed by atoms with van der Waals surface area (Å²) < 4.78 is 0. The van der Waals surface area contributed by atoms with Gasteiger partial charge in [-0.15, -0.1) is 0 Å². The van der Waals surface area contributed by atoms with Gasteiger partial charge in [-0.05, 0) is 38.0 Å². The molecule has 3 heteroatoms. The highest BCUT2D eigenvalue weighted by Crippen LogP contribution is 2.35. The van der Waals surface area contributed by atoms with Crippen molar-refractivity contribution in [3.05, 3.63) is 27.8 Å². The topological polar surface area (TPSA) is 40.5 Å². The first-order valence-corrected chi connectivity index (χ1v) is 4.49. The zero-order valence-corrected chi connectivity index (χ0v) is 8.68. The maximum Gasteiger partial charge on any atom is 0.140 e. The molecule has 1 aromatic rings. The lowest BCUT2D eigenvalue weighted by atomic mass is 10.0. The molecule has 0 aromatic heterocycles. The molecule has 0 spiro atoms. The zero-order valence-electron chi connectivity index (χ0n) is 7.93. The minimum Gasteiger partial charge on any atom is -0.506 e. The van der Waals surface area contributed by atoms with Gasteiger partial charge < -0.3 is 10.2 Å². The zero-order chi connectivity index (χ0) is 10.2. The Bertz CT molecular complexity index is 332. The number of hydrogen-bond acceptors (Lipinski definition) is 2. The maximum absolute atomic E-state index is 9.58. The van der Waals surface area contributed by atoms with Gasteiger partial charge in [0.25, 0.3) is 0 Å². The maximum atomic E-state index is 9.58. The fraction of sp³-hybridized carbons (Fsp3) is 0.400. The highest BCUT2D eigenvalue weighted by atomic mass is 35.5. The van der Waals surface area contributed by atoms with Crippen LogP contribution in [0.2, 0.25) is 5.02 Å². The van der Waals surface area contributed by atoms with E-state index >= 15 is 0 Å². The van der Waals surface area contributed by atoms with Crippen LogP contribution in [0.25, 0.3) is 0 Å². The summed E-state index contributed by atoms with van der Waals surface area (Å²) in [6.07, 6.45) is -0.697. The summed E-state index contributed by atoms with van der Waals surface area (Å²) in [5.41, 5.74) is 2.30. The predicted molar refractivity (Wildman–Crippen MR) is 53.2 cm³/mol. The van der Waals surface area contributed by atoms with Crippen molar-refractivity contribution in [1.29, 1.82) is 0 Å². The summed E-state index contributed by atoms with van der Waals surface area (Å²) in [6, 6.07) is 1.75. The van der Waals surface area contributed by atoms with Crippen LogP contribution >= 0.6 is 11.6 Å². The first-order chi connectivity index (χ1) is 5.95. The van der Waals surface area contributed by atoms with Gasteiger partial charge in [0.1, 0.15) is 5.75 Å². The Morgan fingerprint density at radius 3 is 2.38 bits per heavy atom. The number of halogens is 1. The second-order valence-electron chi connectivity index (χ2n) is 3.25. The minimum absolute atomic E-state index is 0.0141. The molecule has 0 saturated heterocycles. The van der Waals surface area contributed by atoms with Gasteiger partial charge in [-0.2, -0.15) is 0 Å². The van der Waals surface area contributed by atoms with Crippen molar-refractivity contribution in [1.82, 2.24) is 0 Å². The Hall–Kier alpha value is -0.730. The average molecular weight is 201 g/mol. The third-order valence-electron chi connectivity index (χ3n) is 2.22. The summed E-state index contributed by atoms with van der Waals surface area (Å²) in [5.74, 6) is -0.0141. The van der Waals surface area contributed by atoms with E-state index in [4.69, 9.17) is 11.6 Å². The fourth-order valence-corrected chi connectivity index (χ4v) is 1.46. The van der Waals surface area contributed by atoms with Crippen LogP contribution in [0.5, 0.6) is 5.75 Å². The van der Waals surface area contributed by atoms with E-state index in [1.54, 1.807) is 13.0 Å². The molecule has 0 saturated carbocycles. The van der Waals surface area contributed by atoms with Crippen molar-refractivity contribution in [3.8, 4) is 5.75 Å². The van der Waals surface area contributed by atoms with Crippen LogP contribution in [0.15, 0.2) is 6.07 Å². The summed E-state index contributed by atoms with van der Waals surface area (Å²) in [5, 5.41) is 19.2. The van der Waals surface area contributed by atoms with Crippen LogP contribution in [-0.2, 0) is 0 Å². The standard InChI is InChI=1S/C10H13ClO2/c1-5-4-8(7(3)12)10(13)9(11)6(5)2/h4,7,12-13H,1-3H3. The molecule has 0 radical (unpaired) electrons. The normalized spacial score (nSPS) is 13.0. The second kappa shape index (κ2) is 3.56. The van der Waals surface area contributed by atoms with Crippen molar-refractivity contribution in [2.24, 2.45) is 0 Å². The number of phenolic OH excluding ortho intramolecular Hbond substituents is 1. The molecule has 0 fully saturated rings. The minimum atomic E-state index is -0.697. The number of rotatable bonds is 1. The van der Waals surface area contributed by atoms with Gasteiger partial charge in [-0.1, -0.05) is 11.6 Å². The SMILES string of the molecule is Cc1cc(C(C)O)c(O)c(Cl)c1C. The lowest BCUT2D eigenvalue weighted by Gasteiger charge is -2.12. The highest BCUT2D eigenvalue weighted by molar-refractivity contribution is 6.33. The van der Waals surface area contributed by atoms with Gasteiger partial charge in [0.15, 0.2) is 0 Å². The molecule has 0 heterocycles. The molecule has 0 aliphatic carbocycles. The Kier molecular flexibility index (Phi) is 2.84. The second-order valence-corrected chi connectivity index (χ2v) is 3.62. The molecule has 2 nitrogen and oxygen atoms in total. The quantitative estimate of drug-likeness (QED) is 0.732. The number of aliphatic hydroxyl groups is 1. The van der Waals surface area contributed by atoms with Crippen molar-refractivity contribution in [3.63, 3.8) is 0 Å². The number of phenols is 1. The summed E-state index contributed by atoms with van der Waals surface area (Å²) in [7, 11) is 0. The van der Waals surface area contributed by atoms with E-state index in [-0.39, 0.29) is 5.75 Å². The van der Waals surface area contributed by atoms with Gasteiger partial charge in [0.2, 0.25) is 0 Å². The van der Waals surface area contributed by atoms with Gasteiger partial charge in [0, 0.05) is 5.56 Å². The van der Waals surface area contributed by atoms with E-state index in [0.717, 1.165) is 11.1 Å². The van der Waals surface area contributed by atoms with Crippen molar-refractivity contribution < 1.29 is 10.2 Å². The van der Waals surface area contributed by atoms with E-state index < -0.39 is 6.10 Å². The molecule has 1 rings (SSSR count). The predicted octanol–water partition coefficient (Wildman–Crippen LogP) is 2.72. The molecular formula is C10H13ClO2. The third kappa shape index (κ3) is 1.79.